The van der Waals surface area contributed by atoms with Crippen molar-refractivity contribution in [1.29, 1.82) is 0 Å². The van der Waals surface area contributed by atoms with Gasteiger partial charge >= 0.3 is 0 Å². The summed E-state index contributed by atoms with van der Waals surface area (Å²) in [7, 11) is 0. The van der Waals surface area contributed by atoms with Crippen molar-refractivity contribution in [2.75, 3.05) is 6.54 Å². The van der Waals surface area contributed by atoms with Crippen molar-refractivity contribution in [1.82, 2.24) is 19.9 Å². The SMILES string of the molecule is NC(=O)c1ncc2c(n1)CN(C(=O)c1ccc(Cl)nc1)CC2. The molecule has 2 aromatic heterocycles. The average molecular weight is 318 g/mol. The molecule has 112 valence electrons. The van der Waals surface area contributed by atoms with E-state index in [1.807, 2.05) is 0 Å². The molecule has 2 amide bonds. The van der Waals surface area contributed by atoms with Crippen molar-refractivity contribution in [2.45, 2.75) is 13.0 Å². The second kappa shape index (κ2) is 5.69. The monoisotopic (exact) mass is 317 g/mol. The summed E-state index contributed by atoms with van der Waals surface area (Å²) in [4.78, 5) is 37.2. The minimum atomic E-state index is -0.687. The number of amides is 2. The average Bonchev–Trinajstić information content (AvgIpc) is 2.53. The van der Waals surface area contributed by atoms with Gasteiger partial charge < -0.3 is 10.6 Å². The number of aromatic nitrogens is 3. The van der Waals surface area contributed by atoms with Crippen LogP contribution in [0.2, 0.25) is 5.15 Å². The Bertz CT molecular complexity index is 747. The number of pyridine rings is 1. The molecule has 0 atom stereocenters. The van der Waals surface area contributed by atoms with Gasteiger partial charge in [-0.05, 0) is 24.1 Å². The largest absolute Gasteiger partial charge is 0.363 e. The van der Waals surface area contributed by atoms with Gasteiger partial charge in [0.15, 0.2) is 0 Å². The number of carbonyl (C=O) groups excluding carboxylic acids is 2. The third-order valence-corrected chi connectivity index (χ3v) is 3.65. The predicted molar refractivity (Wildman–Crippen MR) is 78.2 cm³/mol. The summed E-state index contributed by atoms with van der Waals surface area (Å²) in [6.45, 7) is 0.854. The Morgan fingerprint density at radius 3 is 2.73 bits per heavy atom. The second-order valence-electron chi connectivity index (χ2n) is 4.88. The van der Waals surface area contributed by atoms with Crippen molar-refractivity contribution < 1.29 is 9.59 Å². The van der Waals surface area contributed by atoms with Crippen molar-refractivity contribution in [2.24, 2.45) is 5.73 Å². The summed E-state index contributed by atoms with van der Waals surface area (Å²) in [6, 6.07) is 3.20. The Labute approximate surface area is 131 Å². The van der Waals surface area contributed by atoms with Crippen molar-refractivity contribution in [3.63, 3.8) is 0 Å². The number of nitrogens with zero attached hydrogens (tertiary/aromatic N) is 4. The number of rotatable bonds is 2. The lowest BCUT2D eigenvalue weighted by Crippen LogP contribution is -2.37. The fraction of sp³-hybridized carbons (Fsp3) is 0.214. The van der Waals surface area contributed by atoms with Gasteiger partial charge in [0.25, 0.3) is 11.8 Å². The van der Waals surface area contributed by atoms with Crippen LogP contribution in [-0.4, -0.2) is 38.2 Å². The molecule has 3 rings (SSSR count). The number of hydrogen-bond acceptors (Lipinski definition) is 5. The molecule has 0 spiro atoms. The van der Waals surface area contributed by atoms with Gasteiger partial charge in [0.2, 0.25) is 5.82 Å². The van der Waals surface area contributed by atoms with E-state index in [2.05, 4.69) is 15.0 Å². The van der Waals surface area contributed by atoms with Crippen LogP contribution in [0.25, 0.3) is 0 Å². The molecule has 2 N–H and O–H groups in total. The lowest BCUT2D eigenvalue weighted by molar-refractivity contribution is 0.0731. The number of hydrogen-bond donors (Lipinski definition) is 1. The van der Waals surface area contributed by atoms with Gasteiger partial charge in [-0.25, -0.2) is 15.0 Å². The number of primary amides is 1. The molecule has 0 aliphatic carbocycles. The predicted octanol–water partition coefficient (Wildman–Crippen LogP) is 0.822. The molecule has 0 radical (unpaired) electrons. The molecule has 8 heteroatoms. The van der Waals surface area contributed by atoms with E-state index in [0.29, 0.717) is 35.9 Å². The first-order valence-corrected chi connectivity index (χ1v) is 6.98. The first-order chi connectivity index (χ1) is 10.5. The quantitative estimate of drug-likeness (QED) is 0.826. The zero-order valence-electron chi connectivity index (χ0n) is 11.5. The lowest BCUT2D eigenvalue weighted by Gasteiger charge is -2.28. The van der Waals surface area contributed by atoms with Crippen molar-refractivity contribution >= 4 is 23.4 Å². The van der Waals surface area contributed by atoms with Crippen LogP contribution < -0.4 is 5.73 Å². The van der Waals surface area contributed by atoms with Crippen LogP contribution in [0, 0.1) is 0 Å². The van der Waals surface area contributed by atoms with Gasteiger partial charge in [-0.1, -0.05) is 11.6 Å². The summed E-state index contributed by atoms with van der Waals surface area (Å²) < 4.78 is 0. The first kappa shape index (κ1) is 14.4. The van der Waals surface area contributed by atoms with E-state index in [1.165, 1.54) is 6.20 Å². The van der Waals surface area contributed by atoms with E-state index in [-0.39, 0.29) is 11.7 Å². The first-order valence-electron chi connectivity index (χ1n) is 6.60. The van der Waals surface area contributed by atoms with Crippen LogP contribution in [-0.2, 0) is 13.0 Å². The Balaban J connectivity index is 1.84. The summed E-state index contributed by atoms with van der Waals surface area (Å²) in [5.41, 5.74) is 7.20. The lowest BCUT2D eigenvalue weighted by atomic mass is 10.1. The summed E-state index contributed by atoms with van der Waals surface area (Å²) in [5, 5.41) is 0.333. The highest BCUT2D eigenvalue weighted by Crippen LogP contribution is 2.18. The maximum atomic E-state index is 12.4. The molecular weight excluding hydrogens is 306 g/mol. The molecular formula is C14H12ClN5O2. The molecule has 3 heterocycles. The fourth-order valence-electron chi connectivity index (χ4n) is 2.28. The normalized spacial score (nSPS) is 13.6. The second-order valence-corrected chi connectivity index (χ2v) is 5.26. The minimum Gasteiger partial charge on any atom is -0.363 e. The topological polar surface area (TPSA) is 102 Å². The maximum Gasteiger partial charge on any atom is 0.286 e. The summed E-state index contributed by atoms with van der Waals surface area (Å²) in [6.07, 6.45) is 3.66. The molecule has 2 aromatic rings. The number of fused-ring (bicyclic) bond motifs is 1. The Morgan fingerprint density at radius 2 is 2.05 bits per heavy atom. The molecule has 1 aliphatic rings. The van der Waals surface area contributed by atoms with Crippen LogP contribution in [0.15, 0.2) is 24.5 Å². The molecule has 0 bridgehead atoms. The Morgan fingerprint density at radius 1 is 1.23 bits per heavy atom. The van der Waals surface area contributed by atoms with Crippen LogP contribution in [0.3, 0.4) is 0 Å². The molecule has 7 nitrogen and oxygen atoms in total. The van der Waals surface area contributed by atoms with Crippen LogP contribution in [0.1, 0.15) is 32.2 Å². The van der Waals surface area contributed by atoms with Gasteiger partial charge in [-0.3, -0.25) is 9.59 Å². The minimum absolute atomic E-state index is 0.0405. The van der Waals surface area contributed by atoms with Crippen LogP contribution in [0.4, 0.5) is 0 Å². The third kappa shape index (κ3) is 2.75. The summed E-state index contributed by atoms with van der Waals surface area (Å²) in [5.74, 6) is -0.886. The van der Waals surface area contributed by atoms with Gasteiger partial charge in [0.05, 0.1) is 17.8 Å². The van der Waals surface area contributed by atoms with E-state index in [1.54, 1.807) is 23.2 Å². The number of halogens is 1. The summed E-state index contributed by atoms with van der Waals surface area (Å²) >= 11 is 5.72. The van der Waals surface area contributed by atoms with Gasteiger partial charge in [-0.2, -0.15) is 0 Å². The number of nitrogens with two attached hydrogens (primary N) is 1. The molecule has 0 unspecified atom stereocenters. The van der Waals surface area contributed by atoms with E-state index in [9.17, 15) is 9.59 Å². The van der Waals surface area contributed by atoms with E-state index in [0.717, 1.165) is 5.56 Å². The maximum absolute atomic E-state index is 12.4. The highest BCUT2D eigenvalue weighted by molar-refractivity contribution is 6.29. The van der Waals surface area contributed by atoms with E-state index < -0.39 is 5.91 Å². The Hall–Kier alpha value is -2.54. The van der Waals surface area contributed by atoms with Gasteiger partial charge in [0, 0.05) is 18.9 Å². The van der Waals surface area contributed by atoms with Crippen LogP contribution >= 0.6 is 11.6 Å². The zero-order valence-corrected chi connectivity index (χ0v) is 12.2. The molecule has 1 aliphatic heterocycles. The smallest absolute Gasteiger partial charge is 0.286 e. The Kier molecular flexibility index (Phi) is 3.72. The van der Waals surface area contributed by atoms with Crippen molar-refractivity contribution in [3.05, 3.63) is 52.3 Å². The third-order valence-electron chi connectivity index (χ3n) is 3.43. The standard InChI is InChI=1S/C14H12ClN5O2/c15-11-2-1-9(6-17-11)14(22)20-4-3-8-5-18-13(12(16)21)19-10(8)7-20/h1-2,5-6H,3-4,7H2,(H2,16,21). The van der Waals surface area contributed by atoms with Crippen LogP contribution in [0.5, 0.6) is 0 Å². The van der Waals surface area contributed by atoms with E-state index >= 15 is 0 Å². The molecule has 0 saturated heterocycles. The molecule has 22 heavy (non-hydrogen) atoms. The van der Waals surface area contributed by atoms with E-state index in [4.69, 9.17) is 17.3 Å². The van der Waals surface area contributed by atoms with Crippen molar-refractivity contribution in [3.8, 4) is 0 Å². The van der Waals surface area contributed by atoms with Gasteiger partial charge in [-0.15, -0.1) is 0 Å². The van der Waals surface area contributed by atoms with Gasteiger partial charge in [0.1, 0.15) is 5.15 Å². The fourth-order valence-corrected chi connectivity index (χ4v) is 2.39. The highest BCUT2D eigenvalue weighted by atomic mass is 35.5. The molecule has 0 saturated carbocycles. The molecule has 0 fully saturated rings. The molecule has 0 aromatic carbocycles. The highest BCUT2D eigenvalue weighted by Gasteiger charge is 2.24. The zero-order chi connectivity index (χ0) is 15.7. The number of carbonyl (C=O) groups is 2.